The van der Waals surface area contributed by atoms with Gasteiger partial charge in [0, 0.05) is 31.4 Å². The second kappa shape index (κ2) is 7.74. The molecule has 1 saturated heterocycles. The number of rotatable bonds is 4. The maximum absolute atomic E-state index is 13.1. The number of piperidine rings is 1. The van der Waals surface area contributed by atoms with E-state index in [-0.39, 0.29) is 5.91 Å². The molecule has 0 aliphatic carbocycles. The number of hydrogen-bond acceptors (Lipinski definition) is 4. The summed E-state index contributed by atoms with van der Waals surface area (Å²) in [6, 6.07) is 13.7. The van der Waals surface area contributed by atoms with Crippen LogP contribution in [0.2, 0.25) is 0 Å². The summed E-state index contributed by atoms with van der Waals surface area (Å²) in [5, 5.41) is 0. The number of nitrogens with zero attached hydrogens (tertiary/aromatic N) is 3. The van der Waals surface area contributed by atoms with Gasteiger partial charge in [-0.25, -0.2) is 0 Å². The zero-order valence-electron chi connectivity index (χ0n) is 15.5. The first kappa shape index (κ1) is 17.5. The first-order valence-electron chi connectivity index (χ1n) is 9.39. The van der Waals surface area contributed by atoms with E-state index in [0.717, 1.165) is 30.7 Å². The SMILES string of the molecule is Cc1ccc(OC[C@H]2CCCN(C(=O)c3cccc4nccnc34)C2)cc1. The van der Waals surface area contributed by atoms with Crippen molar-refractivity contribution in [1.29, 1.82) is 0 Å². The molecule has 5 heteroatoms. The fourth-order valence-corrected chi connectivity index (χ4v) is 3.57. The number of aromatic nitrogens is 2. The van der Waals surface area contributed by atoms with Crippen molar-refractivity contribution in [2.45, 2.75) is 19.8 Å². The van der Waals surface area contributed by atoms with Crippen LogP contribution >= 0.6 is 0 Å². The summed E-state index contributed by atoms with van der Waals surface area (Å²) in [6.07, 6.45) is 5.35. The summed E-state index contributed by atoms with van der Waals surface area (Å²) < 4.78 is 5.94. The minimum absolute atomic E-state index is 0.0288. The Morgan fingerprint density at radius 3 is 2.81 bits per heavy atom. The normalized spacial score (nSPS) is 17.1. The highest BCUT2D eigenvalue weighted by Crippen LogP contribution is 2.23. The van der Waals surface area contributed by atoms with Crippen molar-refractivity contribution < 1.29 is 9.53 Å². The molecule has 0 unspecified atom stereocenters. The van der Waals surface area contributed by atoms with Crippen LogP contribution in [0.15, 0.2) is 54.9 Å². The van der Waals surface area contributed by atoms with Gasteiger partial charge in [0.2, 0.25) is 0 Å². The smallest absolute Gasteiger partial charge is 0.256 e. The lowest BCUT2D eigenvalue weighted by Gasteiger charge is -2.32. The third kappa shape index (κ3) is 3.92. The predicted molar refractivity (Wildman–Crippen MR) is 105 cm³/mol. The Balaban J connectivity index is 1.44. The second-order valence-corrected chi connectivity index (χ2v) is 7.11. The van der Waals surface area contributed by atoms with E-state index in [1.807, 2.05) is 47.4 Å². The number of carbonyl (C=O) groups excluding carboxylic acids is 1. The molecule has 5 nitrogen and oxygen atoms in total. The third-order valence-corrected chi connectivity index (χ3v) is 5.04. The fourth-order valence-electron chi connectivity index (χ4n) is 3.57. The van der Waals surface area contributed by atoms with Gasteiger partial charge in [-0.2, -0.15) is 0 Å². The molecule has 0 saturated carbocycles. The monoisotopic (exact) mass is 361 g/mol. The number of benzene rings is 2. The van der Waals surface area contributed by atoms with Crippen molar-refractivity contribution in [2.75, 3.05) is 19.7 Å². The van der Waals surface area contributed by atoms with Crippen LogP contribution in [-0.2, 0) is 0 Å². The largest absolute Gasteiger partial charge is 0.493 e. The molecule has 2 aromatic carbocycles. The van der Waals surface area contributed by atoms with Crippen LogP contribution in [0.4, 0.5) is 0 Å². The Labute approximate surface area is 159 Å². The van der Waals surface area contributed by atoms with Gasteiger partial charge in [0.05, 0.1) is 17.7 Å². The van der Waals surface area contributed by atoms with E-state index >= 15 is 0 Å². The summed E-state index contributed by atoms with van der Waals surface area (Å²) in [4.78, 5) is 23.7. The number of ether oxygens (including phenoxy) is 1. The number of para-hydroxylation sites is 1. The van der Waals surface area contributed by atoms with Gasteiger partial charge in [-0.3, -0.25) is 14.8 Å². The van der Waals surface area contributed by atoms with E-state index in [4.69, 9.17) is 4.74 Å². The molecule has 27 heavy (non-hydrogen) atoms. The van der Waals surface area contributed by atoms with E-state index in [1.54, 1.807) is 12.4 Å². The molecular formula is C22H23N3O2. The van der Waals surface area contributed by atoms with Crippen molar-refractivity contribution >= 4 is 16.9 Å². The van der Waals surface area contributed by atoms with Crippen LogP contribution in [-0.4, -0.2) is 40.5 Å². The molecule has 0 spiro atoms. The summed E-state index contributed by atoms with van der Waals surface area (Å²) in [7, 11) is 0. The number of likely N-dealkylation sites (tertiary alicyclic amines) is 1. The zero-order valence-corrected chi connectivity index (χ0v) is 15.5. The van der Waals surface area contributed by atoms with Crippen LogP contribution in [0.5, 0.6) is 5.75 Å². The lowest BCUT2D eigenvalue weighted by molar-refractivity contribution is 0.0635. The Morgan fingerprint density at radius 1 is 1.15 bits per heavy atom. The van der Waals surface area contributed by atoms with Crippen LogP contribution in [0, 0.1) is 12.8 Å². The molecule has 4 rings (SSSR count). The highest BCUT2D eigenvalue weighted by Gasteiger charge is 2.26. The molecule has 1 atom stereocenters. The van der Waals surface area contributed by atoms with E-state index in [2.05, 4.69) is 16.9 Å². The molecule has 1 aromatic heterocycles. The van der Waals surface area contributed by atoms with Crippen molar-refractivity contribution in [3.8, 4) is 5.75 Å². The highest BCUT2D eigenvalue weighted by atomic mass is 16.5. The molecule has 0 bridgehead atoms. The summed E-state index contributed by atoms with van der Waals surface area (Å²) in [6.45, 7) is 4.17. The molecule has 138 valence electrons. The van der Waals surface area contributed by atoms with Crippen LogP contribution in [0.1, 0.15) is 28.8 Å². The average molecular weight is 361 g/mol. The van der Waals surface area contributed by atoms with Crippen LogP contribution < -0.4 is 4.74 Å². The van der Waals surface area contributed by atoms with E-state index in [9.17, 15) is 4.79 Å². The lowest BCUT2D eigenvalue weighted by Crippen LogP contribution is -2.41. The van der Waals surface area contributed by atoms with E-state index in [0.29, 0.717) is 30.1 Å². The summed E-state index contributed by atoms with van der Waals surface area (Å²) in [5.41, 5.74) is 3.26. The topological polar surface area (TPSA) is 55.3 Å². The minimum atomic E-state index is 0.0288. The maximum Gasteiger partial charge on any atom is 0.256 e. The zero-order chi connectivity index (χ0) is 18.6. The van der Waals surface area contributed by atoms with Crippen molar-refractivity contribution in [3.05, 3.63) is 66.0 Å². The van der Waals surface area contributed by atoms with Crippen molar-refractivity contribution in [3.63, 3.8) is 0 Å². The fraction of sp³-hybridized carbons (Fsp3) is 0.318. The first-order chi connectivity index (χ1) is 13.2. The molecule has 1 aliphatic rings. The molecule has 0 N–H and O–H groups in total. The summed E-state index contributed by atoms with van der Waals surface area (Å²) >= 11 is 0. The van der Waals surface area contributed by atoms with Gasteiger partial charge in [-0.05, 0) is 44.0 Å². The average Bonchev–Trinajstić information content (AvgIpc) is 2.72. The Morgan fingerprint density at radius 2 is 1.96 bits per heavy atom. The standard InChI is InChI=1S/C22H23N3O2/c1-16-7-9-18(10-8-16)27-15-17-4-3-13-25(14-17)22(26)19-5-2-6-20-21(19)24-12-11-23-20/h2,5-12,17H,3-4,13-15H2,1H3/t17-/m0/s1. The Kier molecular flexibility index (Phi) is 5.01. The van der Waals surface area contributed by atoms with E-state index < -0.39 is 0 Å². The number of hydrogen-bond donors (Lipinski definition) is 0. The van der Waals surface area contributed by atoms with Crippen LogP contribution in [0.3, 0.4) is 0 Å². The molecule has 1 amide bonds. The van der Waals surface area contributed by atoms with Gasteiger partial charge in [0.15, 0.2) is 0 Å². The number of amides is 1. The van der Waals surface area contributed by atoms with Gasteiger partial charge in [-0.1, -0.05) is 23.8 Å². The summed E-state index contributed by atoms with van der Waals surface area (Å²) in [5.74, 6) is 1.25. The van der Waals surface area contributed by atoms with Gasteiger partial charge >= 0.3 is 0 Å². The quantitative estimate of drug-likeness (QED) is 0.708. The van der Waals surface area contributed by atoms with Crippen LogP contribution in [0.25, 0.3) is 11.0 Å². The number of fused-ring (bicyclic) bond motifs is 1. The van der Waals surface area contributed by atoms with Gasteiger partial charge < -0.3 is 9.64 Å². The Hall–Kier alpha value is -2.95. The Bertz CT molecular complexity index is 934. The van der Waals surface area contributed by atoms with Crippen molar-refractivity contribution in [2.24, 2.45) is 5.92 Å². The molecule has 0 radical (unpaired) electrons. The molecule has 3 aromatic rings. The molecule has 1 fully saturated rings. The van der Waals surface area contributed by atoms with Gasteiger partial charge in [0.25, 0.3) is 5.91 Å². The molecule has 2 heterocycles. The lowest BCUT2D eigenvalue weighted by atomic mass is 9.98. The third-order valence-electron chi connectivity index (χ3n) is 5.04. The first-order valence-corrected chi connectivity index (χ1v) is 9.39. The number of aryl methyl sites for hydroxylation is 1. The van der Waals surface area contributed by atoms with Crippen molar-refractivity contribution in [1.82, 2.24) is 14.9 Å². The number of carbonyl (C=O) groups is 1. The second-order valence-electron chi connectivity index (χ2n) is 7.11. The maximum atomic E-state index is 13.1. The van der Waals surface area contributed by atoms with Gasteiger partial charge in [-0.15, -0.1) is 0 Å². The van der Waals surface area contributed by atoms with Gasteiger partial charge in [0.1, 0.15) is 11.3 Å². The molecular weight excluding hydrogens is 338 g/mol. The van der Waals surface area contributed by atoms with E-state index in [1.165, 1.54) is 5.56 Å². The minimum Gasteiger partial charge on any atom is -0.493 e. The predicted octanol–water partition coefficient (Wildman–Crippen LogP) is 3.87. The molecule has 1 aliphatic heterocycles. The highest BCUT2D eigenvalue weighted by molar-refractivity contribution is 6.04.